The van der Waals surface area contributed by atoms with E-state index in [1.165, 1.54) is 23.0 Å². The second-order valence-corrected chi connectivity index (χ2v) is 8.54. The minimum atomic E-state index is -1.04. The molecule has 0 aliphatic heterocycles. The van der Waals surface area contributed by atoms with Crippen molar-refractivity contribution in [3.8, 4) is 17.4 Å². The second kappa shape index (κ2) is 8.63. The molecule has 4 rings (SSSR count). The minimum absolute atomic E-state index is 0.135. The number of nitriles is 1. The Labute approximate surface area is 195 Å². The number of anilines is 1. The monoisotopic (exact) mass is 454 g/mol. The molecule has 170 valence electrons. The van der Waals surface area contributed by atoms with Crippen LogP contribution in [0.4, 0.5) is 17.3 Å². The van der Waals surface area contributed by atoms with Crippen LogP contribution in [0.3, 0.4) is 0 Å². The quantitative estimate of drug-likeness (QED) is 0.409. The number of aromatic nitrogens is 4. The van der Waals surface area contributed by atoms with E-state index in [4.69, 9.17) is 15.9 Å². The lowest BCUT2D eigenvalue weighted by molar-refractivity contribution is 0.0697. The standard InChI is InChI=1S/C24H22N8O2/c1-24(2,3)20-19(21(26)31(30-20)17-7-5-4-6-8-17)28-29-22-16(13-25)14-27-32(22)18-11-9-15(10-12-18)23(33)34/h4-12,14H,26H2,1-3H3,(H,33,34). The molecule has 10 nitrogen and oxygen atoms in total. The summed E-state index contributed by atoms with van der Waals surface area (Å²) in [5.74, 6) is -0.530. The Kier molecular flexibility index (Phi) is 5.69. The number of carboxylic acid groups (broad SMARTS) is 1. The highest BCUT2D eigenvalue weighted by Crippen LogP contribution is 2.38. The summed E-state index contributed by atoms with van der Waals surface area (Å²) in [5.41, 5.74) is 8.76. The fraction of sp³-hybridized carbons (Fsp3) is 0.167. The van der Waals surface area contributed by atoms with E-state index in [-0.39, 0.29) is 22.4 Å². The van der Waals surface area contributed by atoms with Gasteiger partial charge in [0.2, 0.25) is 0 Å². The first kappa shape index (κ1) is 22.4. The second-order valence-electron chi connectivity index (χ2n) is 8.54. The maximum absolute atomic E-state index is 11.2. The molecule has 2 aromatic carbocycles. The first-order chi connectivity index (χ1) is 16.2. The van der Waals surface area contributed by atoms with E-state index >= 15 is 0 Å². The Bertz CT molecular complexity index is 1420. The smallest absolute Gasteiger partial charge is 0.335 e. The van der Waals surface area contributed by atoms with Crippen molar-refractivity contribution in [1.82, 2.24) is 19.6 Å². The van der Waals surface area contributed by atoms with Gasteiger partial charge in [-0.25, -0.2) is 14.2 Å². The third kappa shape index (κ3) is 4.14. The highest BCUT2D eigenvalue weighted by molar-refractivity contribution is 5.87. The number of carbonyl (C=O) groups is 1. The lowest BCUT2D eigenvalue weighted by Crippen LogP contribution is -2.13. The fourth-order valence-corrected chi connectivity index (χ4v) is 3.34. The molecule has 0 atom stereocenters. The summed E-state index contributed by atoms with van der Waals surface area (Å²) in [4.78, 5) is 11.2. The van der Waals surface area contributed by atoms with Crippen molar-refractivity contribution in [3.05, 3.63) is 77.6 Å². The van der Waals surface area contributed by atoms with E-state index in [2.05, 4.69) is 21.4 Å². The summed E-state index contributed by atoms with van der Waals surface area (Å²) in [7, 11) is 0. The molecule has 0 saturated carbocycles. The molecule has 2 aromatic heterocycles. The van der Waals surface area contributed by atoms with Gasteiger partial charge in [-0.2, -0.15) is 15.5 Å². The zero-order valence-corrected chi connectivity index (χ0v) is 18.8. The lowest BCUT2D eigenvalue weighted by atomic mass is 9.91. The average Bonchev–Trinajstić information content (AvgIpc) is 3.38. The van der Waals surface area contributed by atoms with Gasteiger partial charge in [-0.3, -0.25) is 0 Å². The number of aromatic carboxylic acids is 1. The molecule has 0 spiro atoms. The summed E-state index contributed by atoms with van der Waals surface area (Å²) in [6.45, 7) is 5.99. The van der Waals surface area contributed by atoms with Crippen LogP contribution in [0, 0.1) is 11.3 Å². The number of rotatable bonds is 5. The molecule has 0 amide bonds. The number of nitrogens with two attached hydrogens (primary N) is 1. The third-order valence-corrected chi connectivity index (χ3v) is 5.07. The molecule has 0 unspecified atom stereocenters. The van der Waals surface area contributed by atoms with Crippen LogP contribution in [0.2, 0.25) is 0 Å². The van der Waals surface area contributed by atoms with E-state index in [1.807, 2.05) is 51.1 Å². The van der Waals surface area contributed by atoms with Gasteiger partial charge in [0.05, 0.1) is 28.8 Å². The largest absolute Gasteiger partial charge is 0.478 e. The van der Waals surface area contributed by atoms with E-state index in [9.17, 15) is 10.1 Å². The zero-order valence-electron chi connectivity index (χ0n) is 18.8. The molecule has 0 aliphatic carbocycles. The first-order valence-corrected chi connectivity index (χ1v) is 10.4. The number of hydrogen-bond donors (Lipinski definition) is 2. The molecule has 3 N–H and O–H groups in total. The van der Waals surface area contributed by atoms with Gasteiger partial charge < -0.3 is 10.8 Å². The van der Waals surface area contributed by atoms with Crippen molar-refractivity contribution in [2.75, 3.05) is 5.73 Å². The molecule has 0 saturated heterocycles. The van der Waals surface area contributed by atoms with Crippen LogP contribution in [-0.4, -0.2) is 30.6 Å². The zero-order chi connectivity index (χ0) is 24.5. The maximum atomic E-state index is 11.2. The molecular formula is C24H22N8O2. The molecule has 0 bridgehead atoms. The molecular weight excluding hydrogens is 432 g/mol. The predicted octanol–water partition coefficient (Wildman–Crippen LogP) is 4.92. The van der Waals surface area contributed by atoms with Crippen molar-refractivity contribution >= 4 is 23.3 Å². The van der Waals surface area contributed by atoms with Crippen molar-refractivity contribution in [1.29, 1.82) is 5.26 Å². The van der Waals surface area contributed by atoms with Crippen molar-refractivity contribution < 1.29 is 9.90 Å². The number of benzene rings is 2. The van der Waals surface area contributed by atoms with E-state index in [0.717, 1.165) is 5.69 Å². The average molecular weight is 454 g/mol. The summed E-state index contributed by atoms with van der Waals surface area (Å²) in [6.07, 6.45) is 1.38. The van der Waals surface area contributed by atoms with Crippen LogP contribution in [0.15, 0.2) is 71.0 Å². The summed E-state index contributed by atoms with van der Waals surface area (Å²) < 4.78 is 3.03. The highest BCUT2D eigenvalue weighted by atomic mass is 16.4. The van der Waals surface area contributed by atoms with E-state index in [1.54, 1.807) is 16.8 Å². The molecule has 4 aromatic rings. The van der Waals surface area contributed by atoms with Gasteiger partial charge in [-0.15, -0.1) is 10.2 Å². The Morgan fingerprint density at radius 1 is 1.03 bits per heavy atom. The number of nitrogen functional groups attached to an aromatic ring is 1. The molecule has 34 heavy (non-hydrogen) atoms. The van der Waals surface area contributed by atoms with Gasteiger partial charge in [-0.1, -0.05) is 39.0 Å². The highest BCUT2D eigenvalue weighted by Gasteiger charge is 2.27. The number of para-hydroxylation sites is 1. The maximum Gasteiger partial charge on any atom is 0.335 e. The predicted molar refractivity (Wildman–Crippen MR) is 126 cm³/mol. The van der Waals surface area contributed by atoms with Gasteiger partial charge in [0, 0.05) is 5.41 Å². The summed E-state index contributed by atoms with van der Waals surface area (Å²) in [5, 5.41) is 36.4. The Morgan fingerprint density at radius 2 is 1.68 bits per heavy atom. The Balaban J connectivity index is 1.82. The van der Waals surface area contributed by atoms with Crippen LogP contribution < -0.4 is 5.73 Å². The normalized spacial score (nSPS) is 11.6. The van der Waals surface area contributed by atoms with Gasteiger partial charge in [-0.05, 0) is 36.4 Å². The fourth-order valence-electron chi connectivity index (χ4n) is 3.34. The van der Waals surface area contributed by atoms with E-state index in [0.29, 0.717) is 22.9 Å². The molecule has 0 aliphatic rings. The lowest BCUT2D eigenvalue weighted by Gasteiger charge is -2.15. The van der Waals surface area contributed by atoms with Crippen LogP contribution >= 0.6 is 0 Å². The molecule has 0 radical (unpaired) electrons. The molecule has 2 heterocycles. The van der Waals surface area contributed by atoms with Crippen molar-refractivity contribution in [2.24, 2.45) is 10.2 Å². The Hall–Kier alpha value is -4.78. The van der Waals surface area contributed by atoms with Crippen LogP contribution in [-0.2, 0) is 5.41 Å². The topological polar surface area (TPSA) is 147 Å². The molecule has 0 fully saturated rings. The summed E-state index contributed by atoms with van der Waals surface area (Å²) in [6, 6.07) is 17.6. The SMILES string of the molecule is CC(C)(C)c1nn(-c2ccccc2)c(N)c1N=Nc1c(C#N)cnn1-c1ccc(C(=O)O)cc1. The first-order valence-electron chi connectivity index (χ1n) is 10.4. The third-order valence-electron chi connectivity index (χ3n) is 5.07. The van der Waals surface area contributed by atoms with Crippen molar-refractivity contribution in [2.45, 2.75) is 26.2 Å². The molecule has 10 heteroatoms. The van der Waals surface area contributed by atoms with Gasteiger partial charge in [0.1, 0.15) is 11.6 Å². The van der Waals surface area contributed by atoms with Crippen LogP contribution in [0.25, 0.3) is 11.4 Å². The van der Waals surface area contributed by atoms with E-state index < -0.39 is 5.97 Å². The number of hydrogen-bond acceptors (Lipinski definition) is 7. The van der Waals surface area contributed by atoms with Gasteiger partial charge in [0.25, 0.3) is 0 Å². The minimum Gasteiger partial charge on any atom is -0.478 e. The number of nitrogens with zero attached hydrogens (tertiary/aromatic N) is 7. The number of azo groups is 1. The van der Waals surface area contributed by atoms with Crippen LogP contribution in [0.1, 0.15) is 42.4 Å². The number of carboxylic acids is 1. The van der Waals surface area contributed by atoms with Gasteiger partial charge in [0.15, 0.2) is 17.3 Å². The van der Waals surface area contributed by atoms with Gasteiger partial charge >= 0.3 is 5.97 Å². The van der Waals surface area contributed by atoms with Crippen molar-refractivity contribution in [3.63, 3.8) is 0 Å². The summed E-state index contributed by atoms with van der Waals surface area (Å²) >= 11 is 0. The Morgan fingerprint density at radius 3 is 2.26 bits per heavy atom. The van der Waals surface area contributed by atoms with Crippen LogP contribution in [0.5, 0.6) is 0 Å².